The smallest absolute Gasteiger partial charge is 0.350 e. The quantitative estimate of drug-likeness (QED) is 0.433. The van der Waals surface area contributed by atoms with Crippen LogP contribution in [0.2, 0.25) is 5.02 Å². The molecule has 0 radical (unpaired) electrons. The van der Waals surface area contributed by atoms with Gasteiger partial charge in [-0.05, 0) is 49.1 Å². The highest BCUT2D eigenvalue weighted by atomic mass is 35.5. The van der Waals surface area contributed by atoms with Crippen LogP contribution in [0.3, 0.4) is 0 Å². The van der Waals surface area contributed by atoms with E-state index in [1.54, 1.807) is 13.8 Å². The number of pyridine rings is 1. The molecule has 2 aromatic carbocycles. The molecule has 0 aliphatic rings. The lowest BCUT2D eigenvalue weighted by atomic mass is 10.0. The van der Waals surface area contributed by atoms with E-state index in [4.69, 9.17) is 16.3 Å². The molecule has 0 saturated carbocycles. The van der Waals surface area contributed by atoms with Crippen molar-refractivity contribution in [1.29, 1.82) is 0 Å². The van der Waals surface area contributed by atoms with Crippen LogP contribution in [0.25, 0.3) is 27.7 Å². The van der Waals surface area contributed by atoms with Crippen molar-refractivity contribution in [3.8, 4) is 17.1 Å². The molecule has 0 aliphatic carbocycles. The number of allylic oxidation sites excluding steroid dienone is 1. The highest BCUT2D eigenvalue weighted by Gasteiger charge is 2.22. The first-order chi connectivity index (χ1) is 16.6. The Morgan fingerprint density at radius 1 is 1.20 bits per heavy atom. The molecule has 8 nitrogen and oxygen atoms in total. The van der Waals surface area contributed by atoms with Crippen molar-refractivity contribution in [1.82, 2.24) is 18.9 Å². The van der Waals surface area contributed by atoms with E-state index in [2.05, 4.69) is 11.7 Å². The number of benzene rings is 2. The van der Waals surface area contributed by atoms with Crippen LogP contribution < -0.4 is 16.0 Å². The highest BCUT2D eigenvalue weighted by Crippen LogP contribution is 2.34. The van der Waals surface area contributed by atoms with Gasteiger partial charge in [0.1, 0.15) is 40.4 Å². The van der Waals surface area contributed by atoms with Gasteiger partial charge in [-0.25, -0.2) is 13.6 Å². The van der Waals surface area contributed by atoms with E-state index in [0.29, 0.717) is 11.1 Å². The summed E-state index contributed by atoms with van der Waals surface area (Å²) in [6.45, 7) is 6.98. The third-order valence-electron chi connectivity index (χ3n) is 5.66. The summed E-state index contributed by atoms with van der Waals surface area (Å²) in [6.07, 6.45) is 1.35. The lowest BCUT2D eigenvalue weighted by molar-refractivity contribution is 0.264. The van der Waals surface area contributed by atoms with Crippen molar-refractivity contribution >= 4 is 27.9 Å². The van der Waals surface area contributed by atoms with E-state index in [0.717, 1.165) is 21.4 Å². The molecule has 0 saturated heterocycles. The molecule has 2 aromatic heterocycles. The van der Waals surface area contributed by atoms with Gasteiger partial charge in [0.05, 0.1) is 12.5 Å². The average Bonchev–Trinajstić information content (AvgIpc) is 3.15. The zero-order valence-electron chi connectivity index (χ0n) is 19.1. The third-order valence-corrected chi connectivity index (χ3v) is 6.03. The second-order valence-electron chi connectivity index (χ2n) is 7.77. The van der Waals surface area contributed by atoms with E-state index in [1.165, 1.54) is 30.0 Å². The minimum atomic E-state index is -0.912. The number of ether oxygens (including phenoxy) is 1. The average molecular weight is 503 g/mol. The predicted octanol–water partition coefficient (Wildman–Crippen LogP) is 3.82. The number of rotatable bonds is 6. The van der Waals surface area contributed by atoms with Crippen molar-refractivity contribution in [2.24, 2.45) is 0 Å². The first kappa shape index (κ1) is 24.4. The summed E-state index contributed by atoms with van der Waals surface area (Å²) in [5, 5.41) is 13.6. The number of methoxy groups -OCH3 is 1. The molecule has 182 valence electrons. The summed E-state index contributed by atoms with van der Waals surface area (Å²) in [4.78, 5) is 26.2. The predicted molar refractivity (Wildman–Crippen MR) is 129 cm³/mol. The monoisotopic (exact) mass is 502 g/mol. The number of aliphatic hydroxyl groups is 1. The lowest BCUT2D eigenvalue weighted by Gasteiger charge is -2.16. The molecule has 0 spiro atoms. The minimum Gasteiger partial charge on any atom is -0.495 e. The van der Waals surface area contributed by atoms with Crippen molar-refractivity contribution in [2.45, 2.75) is 27.0 Å². The maximum absolute atomic E-state index is 15.3. The zero-order valence-corrected chi connectivity index (χ0v) is 19.9. The molecule has 2 heterocycles. The Hall–Kier alpha value is -3.76. The molecule has 0 bridgehead atoms. The van der Waals surface area contributed by atoms with Crippen molar-refractivity contribution in [2.75, 3.05) is 7.11 Å². The fourth-order valence-corrected chi connectivity index (χ4v) is 4.27. The second-order valence-corrected chi connectivity index (χ2v) is 8.15. The Kier molecular flexibility index (Phi) is 6.35. The minimum absolute atomic E-state index is 0.0654. The highest BCUT2D eigenvalue weighted by molar-refractivity contribution is 6.34. The number of fused-ring (bicyclic) bond motifs is 1. The van der Waals surface area contributed by atoms with Gasteiger partial charge in [0.15, 0.2) is 5.82 Å². The molecular weight excluding hydrogens is 482 g/mol. The Morgan fingerprint density at radius 3 is 2.49 bits per heavy atom. The summed E-state index contributed by atoms with van der Waals surface area (Å²) in [5.74, 6) is -1.48. The van der Waals surface area contributed by atoms with E-state index in [9.17, 15) is 19.1 Å². The SMILES string of the molecule is C=C(C)c1cn(-c2c(F)ccc(OC)c2Cl)c(=O)c2cc(F)c(-n3nc(CO)n(CC)c3=O)cc12. The maximum atomic E-state index is 15.3. The Labute approximate surface area is 202 Å². The molecule has 0 amide bonds. The third kappa shape index (κ3) is 3.84. The van der Waals surface area contributed by atoms with Crippen LogP contribution in [0.4, 0.5) is 8.78 Å². The number of aliphatic hydroxyl groups excluding tert-OH is 1. The maximum Gasteiger partial charge on any atom is 0.350 e. The zero-order chi connectivity index (χ0) is 25.6. The van der Waals surface area contributed by atoms with Crippen LogP contribution in [0, 0.1) is 11.6 Å². The van der Waals surface area contributed by atoms with Gasteiger partial charge in [0.25, 0.3) is 5.56 Å². The summed E-state index contributed by atoms with van der Waals surface area (Å²) >= 11 is 6.31. The van der Waals surface area contributed by atoms with Crippen LogP contribution in [-0.2, 0) is 13.2 Å². The summed E-state index contributed by atoms with van der Waals surface area (Å²) < 4.78 is 38.3. The van der Waals surface area contributed by atoms with Gasteiger partial charge in [-0.2, -0.15) is 4.68 Å². The fraction of sp³-hybridized carbons (Fsp3) is 0.208. The van der Waals surface area contributed by atoms with Gasteiger partial charge in [-0.3, -0.25) is 13.9 Å². The van der Waals surface area contributed by atoms with Crippen LogP contribution in [0.1, 0.15) is 25.2 Å². The van der Waals surface area contributed by atoms with E-state index < -0.39 is 29.5 Å². The molecule has 1 N–H and O–H groups in total. The number of aromatic nitrogens is 4. The first-order valence-electron chi connectivity index (χ1n) is 10.5. The van der Waals surface area contributed by atoms with Gasteiger partial charge >= 0.3 is 5.69 Å². The van der Waals surface area contributed by atoms with E-state index in [1.807, 2.05) is 0 Å². The van der Waals surface area contributed by atoms with Gasteiger partial charge in [-0.15, -0.1) is 5.10 Å². The van der Waals surface area contributed by atoms with Gasteiger partial charge < -0.3 is 9.84 Å². The lowest BCUT2D eigenvalue weighted by Crippen LogP contribution is -2.25. The number of hydrogen-bond donors (Lipinski definition) is 1. The molecule has 0 atom stereocenters. The largest absolute Gasteiger partial charge is 0.495 e. The van der Waals surface area contributed by atoms with Crippen LogP contribution >= 0.6 is 11.6 Å². The summed E-state index contributed by atoms with van der Waals surface area (Å²) in [7, 11) is 1.35. The molecule has 0 aliphatic heterocycles. The van der Waals surface area contributed by atoms with Gasteiger partial charge in [-0.1, -0.05) is 18.2 Å². The van der Waals surface area contributed by atoms with Crippen LogP contribution in [-0.4, -0.2) is 31.1 Å². The molecule has 4 rings (SSSR count). The Balaban J connectivity index is 2.09. The molecule has 35 heavy (non-hydrogen) atoms. The molecule has 4 aromatic rings. The van der Waals surface area contributed by atoms with Crippen LogP contribution in [0.5, 0.6) is 5.75 Å². The number of halogens is 3. The van der Waals surface area contributed by atoms with E-state index in [-0.39, 0.29) is 45.3 Å². The molecular formula is C24H21ClF2N4O4. The molecule has 0 fully saturated rings. The standard InChI is InChI=1S/C24H21ClF2N4O4/c1-5-29-20(11-32)28-31(24(29)34)18-9-13-14(8-17(18)27)23(33)30(10-15(13)12(2)3)22-16(26)6-7-19(35-4)21(22)25/h6-10,32H,2,5,11H2,1,3-4H3. The van der Waals surface area contributed by atoms with Crippen LogP contribution in [0.15, 0.2) is 46.6 Å². The van der Waals surface area contributed by atoms with E-state index >= 15 is 4.39 Å². The Morgan fingerprint density at radius 2 is 1.91 bits per heavy atom. The summed E-state index contributed by atoms with van der Waals surface area (Å²) in [6, 6.07) is 4.69. The fourth-order valence-electron chi connectivity index (χ4n) is 3.95. The first-order valence-corrected chi connectivity index (χ1v) is 10.9. The van der Waals surface area contributed by atoms with Crippen molar-refractivity contribution in [3.05, 3.63) is 85.9 Å². The number of nitrogens with zero attached hydrogens (tertiary/aromatic N) is 4. The normalized spacial score (nSPS) is 11.3. The van der Waals surface area contributed by atoms with Crippen molar-refractivity contribution in [3.63, 3.8) is 0 Å². The molecule has 0 unspecified atom stereocenters. The summed E-state index contributed by atoms with van der Waals surface area (Å²) in [5.41, 5.74) is -0.977. The van der Waals surface area contributed by atoms with Gasteiger partial charge in [0.2, 0.25) is 0 Å². The van der Waals surface area contributed by atoms with Crippen molar-refractivity contribution < 1.29 is 18.6 Å². The second kappa shape index (κ2) is 9.12. The van der Waals surface area contributed by atoms with Gasteiger partial charge in [0, 0.05) is 18.3 Å². The Bertz CT molecular complexity index is 1620. The molecule has 11 heteroatoms. The number of hydrogen-bond acceptors (Lipinski definition) is 5. The topological polar surface area (TPSA) is 91.3 Å².